The van der Waals surface area contributed by atoms with E-state index in [0.29, 0.717) is 13.0 Å². The van der Waals surface area contributed by atoms with Crippen molar-refractivity contribution >= 4 is 13.0 Å². The predicted octanol–water partition coefficient (Wildman–Crippen LogP) is 2.49. The van der Waals surface area contributed by atoms with E-state index in [-0.39, 0.29) is 11.8 Å². The van der Waals surface area contributed by atoms with E-state index >= 15 is 0 Å². The SMILES string of the molecule is COCCC(N)C(=O)N[C@@H](CCCc1ccccc1)B1OC(C)(C)C(C)(C)O1. The number of hydrogen-bond acceptors (Lipinski definition) is 5. The van der Waals surface area contributed by atoms with Gasteiger partial charge in [0.05, 0.1) is 23.2 Å². The van der Waals surface area contributed by atoms with E-state index in [4.69, 9.17) is 19.8 Å². The Kier molecular flexibility index (Phi) is 8.07. The summed E-state index contributed by atoms with van der Waals surface area (Å²) in [5, 5.41) is 3.06. The maximum Gasteiger partial charge on any atom is 0.481 e. The van der Waals surface area contributed by atoms with Gasteiger partial charge in [-0.3, -0.25) is 4.79 Å². The Morgan fingerprint density at radius 3 is 2.32 bits per heavy atom. The molecule has 0 saturated carbocycles. The normalized spacial score (nSPS) is 20.0. The molecule has 1 aromatic carbocycles. The monoisotopic (exact) mass is 390 g/mol. The van der Waals surface area contributed by atoms with E-state index < -0.39 is 24.4 Å². The number of methoxy groups -OCH3 is 1. The van der Waals surface area contributed by atoms with Gasteiger partial charge in [-0.05, 0) is 58.9 Å². The van der Waals surface area contributed by atoms with Crippen molar-refractivity contribution in [2.24, 2.45) is 5.73 Å². The zero-order valence-corrected chi connectivity index (χ0v) is 17.9. The molecule has 1 heterocycles. The van der Waals surface area contributed by atoms with E-state index in [0.717, 1.165) is 19.3 Å². The number of nitrogens with one attached hydrogen (secondary N) is 1. The first-order valence-electron chi connectivity index (χ1n) is 10.1. The fraction of sp³-hybridized carbons (Fsp3) is 0.667. The Balaban J connectivity index is 2.02. The Morgan fingerprint density at radius 1 is 1.14 bits per heavy atom. The molecule has 2 atom stereocenters. The Bertz CT molecular complexity index is 608. The molecule has 156 valence electrons. The third-order valence-electron chi connectivity index (χ3n) is 5.72. The summed E-state index contributed by atoms with van der Waals surface area (Å²) in [5.74, 6) is -0.456. The number of ether oxygens (including phenoxy) is 1. The molecule has 1 saturated heterocycles. The van der Waals surface area contributed by atoms with Crippen LogP contribution < -0.4 is 11.1 Å². The van der Waals surface area contributed by atoms with Gasteiger partial charge in [0.25, 0.3) is 0 Å². The van der Waals surface area contributed by atoms with E-state index in [1.54, 1.807) is 7.11 Å². The summed E-state index contributed by atoms with van der Waals surface area (Å²) in [7, 11) is 1.10. The van der Waals surface area contributed by atoms with Crippen LogP contribution in [0.4, 0.5) is 0 Å². The minimum atomic E-state index is -0.612. The highest BCUT2D eigenvalue weighted by atomic mass is 16.7. The van der Waals surface area contributed by atoms with Crippen LogP contribution in [0.1, 0.15) is 52.5 Å². The number of carbonyl (C=O) groups is 1. The lowest BCUT2D eigenvalue weighted by atomic mass is 9.75. The van der Waals surface area contributed by atoms with Crippen LogP contribution in [0.5, 0.6) is 0 Å². The minimum Gasteiger partial charge on any atom is -0.402 e. The molecular formula is C21H35BN2O4. The van der Waals surface area contributed by atoms with Crippen LogP contribution in [0.3, 0.4) is 0 Å². The molecule has 1 fully saturated rings. The molecule has 0 aliphatic carbocycles. The van der Waals surface area contributed by atoms with Gasteiger partial charge in [0.1, 0.15) is 0 Å². The van der Waals surface area contributed by atoms with Crippen molar-refractivity contribution in [2.75, 3.05) is 13.7 Å². The first-order chi connectivity index (χ1) is 13.2. The number of carbonyl (C=O) groups excluding carboxylic acids is 1. The summed E-state index contributed by atoms with van der Waals surface area (Å²) < 4.78 is 17.4. The van der Waals surface area contributed by atoms with Crippen molar-refractivity contribution in [2.45, 2.75) is 76.6 Å². The van der Waals surface area contributed by atoms with Gasteiger partial charge < -0.3 is 25.1 Å². The largest absolute Gasteiger partial charge is 0.481 e. The molecule has 1 aliphatic heterocycles. The van der Waals surface area contributed by atoms with Crippen LogP contribution in [0, 0.1) is 0 Å². The Hall–Kier alpha value is -1.41. The maximum absolute atomic E-state index is 12.6. The van der Waals surface area contributed by atoms with Crippen molar-refractivity contribution in [3.8, 4) is 0 Å². The van der Waals surface area contributed by atoms with Crippen molar-refractivity contribution in [3.63, 3.8) is 0 Å². The smallest absolute Gasteiger partial charge is 0.402 e. The molecule has 1 aromatic rings. The zero-order chi connectivity index (χ0) is 20.8. The van der Waals surface area contributed by atoms with Crippen LogP contribution in [-0.2, 0) is 25.3 Å². The van der Waals surface area contributed by atoms with Crippen molar-refractivity contribution in [1.29, 1.82) is 0 Å². The van der Waals surface area contributed by atoms with E-state index in [1.165, 1.54) is 5.56 Å². The quantitative estimate of drug-likeness (QED) is 0.600. The summed E-state index contributed by atoms with van der Waals surface area (Å²) in [6.45, 7) is 8.50. The molecule has 0 bridgehead atoms. The molecule has 0 spiro atoms. The van der Waals surface area contributed by atoms with Crippen LogP contribution >= 0.6 is 0 Å². The lowest BCUT2D eigenvalue weighted by molar-refractivity contribution is -0.123. The predicted molar refractivity (Wildman–Crippen MR) is 112 cm³/mol. The van der Waals surface area contributed by atoms with Crippen LogP contribution in [0.15, 0.2) is 30.3 Å². The van der Waals surface area contributed by atoms with E-state index in [9.17, 15) is 4.79 Å². The van der Waals surface area contributed by atoms with Crippen molar-refractivity contribution in [1.82, 2.24) is 5.32 Å². The van der Waals surface area contributed by atoms with Crippen LogP contribution in [-0.4, -0.2) is 49.9 Å². The molecule has 2 rings (SSSR count). The molecular weight excluding hydrogens is 355 g/mol. The van der Waals surface area contributed by atoms with Crippen LogP contribution in [0.25, 0.3) is 0 Å². The number of aryl methyl sites for hydroxylation is 1. The van der Waals surface area contributed by atoms with Crippen molar-refractivity contribution in [3.05, 3.63) is 35.9 Å². The first kappa shape index (κ1) is 22.9. The number of amides is 1. The average molecular weight is 390 g/mol. The fourth-order valence-electron chi connectivity index (χ4n) is 3.17. The third kappa shape index (κ3) is 6.04. The minimum absolute atomic E-state index is 0.198. The van der Waals surface area contributed by atoms with Gasteiger partial charge in [0.2, 0.25) is 5.91 Å². The van der Waals surface area contributed by atoms with Gasteiger partial charge >= 0.3 is 7.12 Å². The standard InChI is InChI=1S/C21H35BN2O4/c1-20(2)21(3,4)28-22(27-20)18(24-19(25)17(23)14-15-26-5)13-9-12-16-10-7-6-8-11-16/h6-8,10-11,17-18H,9,12-15,23H2,1-5H3,(H,24,25)/t17?,18-/m0/s1. The molecule has 7 heteroatoms. The summed E-state index contributed by atoms with van der Waals surface area (Å²) in [4.78, 5) is 12.6. The number of nitrogens with two attached hydrogens (primary N) is 1. The fourth-order valence-corrected chi connectivity index (χ4v) is 3.17. The van der Waals surface area contributed by atoms with Crippen LogP contribution in [0.2, 0.25) is 0 Å². The lowest BCUT2D eigenvalue weighted by Crippen LogP contribution is -2.53. The van der Waals surface area contributed by atoms with Gasteiger partial charge in [0, 0.05) is 13.7 Å². The maximum atomic E-state index is 12.6. The lowest BCUT2D eigenvalue weighted by Gasteiger charge is -2.32. The highest BCUT2D eigenvalue weighted by Crippen LogP contribution is 2.38. The zero-order valence-electron chi connectivity index (χ0n) is 17.9. The number of benzene rings is 1. The highest BCUT2D eigenvalue weighted by Gasteiger charge is 2.54. The summed E-state index contributed by atoms with van der Waals surface area (Å²) >= 11 is 0. The van der Waals surface area contributed by atoms with Gasteiger partial charge in [-0.25, -0.2) is 0 Å². The molecule has 1 unspecified atom stereocenters. The van der Waals surface area contributed by atoms with Gasteiger partial charge in [-0.15, -0.1) is 0 Å². The molecule has 1 aliphatic rings. The summed E-state index contributed by atoms with van der Waals surface area (Å²) in [6.07, 6.45) is 3.06. The van der Waals surface area contributed by atoms with Gasteiger partial charge in [0.15, 0.2) is 0 Å². The van der Waals surface area contributed by atoms with Crippen molar-refractivity contribution < 1.29 is 18.8 Å². The Morgan fingerprint density at radius 2 is 1.75 bits per heavy atom. The van der Waals surface area contributed by atoms with E-state index in [1.807, 2.05) is 45.9 Å². The van der Waals surface area contributed by atoms with E-state index in [2.05, 4.69) is 17.4 Å². The van der Waals surface area contributed by atoms with Gasteiger partial charge in [-0.2, -0.15) is 0 Å². The second-order valence-electron chi connectivity index (χ2n) is 8.51. The molecule has 6 nitrogen and oxygen atoms in total. The first-order valence-corrected chi connectivity index (χ1v) is 10.1. The molecule has 3 N–H and O–H groups in total. The summed E-state index contributed by atoms with van der Waals surface area (Å²) in [6, 6.07) is 9.71. The summed E-state index contributed by atoms with van der Waals surface area (Å²) in [5.41, 5.74) is 6.39. The molecule has 0 radical (unpaired) electrons. The molecule has 0 aromatic heterocycles. The number of rotatable bonds is 10. The molecule has 1 amide bonds. The molecule has 28 heavy (non-hydrogen) atoms. The topological polar surface area (TPSA) is 82.8 Å². The second-order valence-corrected chi connectivity index (χ2v) is 8.51. The second kappa shape index (κ2) is 9.88. The number of hydrogen-bond donors (Lipinski definition) is 2. The third-order valence-corrected chi connectivity index (χ3v) is 5.72. The average Bonchev–Trinajstić information content (AvgIpc) is 2.87. The van der Waals surface area contributed by atoms with Gasteiger partial charge in [-0.1, -0.05) is 30.3 Å². The Labute approximate surface area is 169 Å². The highest BCUT2D eigenvalue weighted by molar-refractivity contribution is 6.48.